The van der Waals surface area contributed by atoms with Crippen LogP contribution in [0.3, 0.4) is 0 Å². The Morgan fingerprint density at radius 1 is 1.28 bits per heavy atom. The van der Waals surface area contributed by atoms with Gasteiger partial charge in [-0.3, -0.25) is 9.59 Å². The summed E-state index contributed by atoms with van der Waals surface area (Å²) in [6.45, 7) is 1.98. The molecule has 1 rings (SSSR count). The summed E-state index contributed by atoms with van der Waals surface area (Å²) in [6, 6.07) is 6.47. The quantitative estimate of drug-likeness (QED) is 0.452. The number of hydrogen-bond donors (Lipinski definition) is 1. The number of carbonyl (C=O) groups is 2. The van der Waals surface area contributed by atoms with E-state index < -0.39 is 33.5 Å². The molecule has 0 aliphatic rings. The minimum atomic E-state index is -3.46. The first-order chi connectivity index (χ1) is 11.8. The molecule has 0 bridgehead atoms. The number of nitrogens with one attached hydrogen (secondary N) is 1. The molecule has 0 saturated heterocycles. The fraction of sp³-hybridized carbons (Fsp3) is 0.529. The number of sulfone groups is 1. The van der Waals surface area contributed by atoms with Crippen molar-refractivity contribution in [3.8, 4) is 0 Å². The second-order valence-corrected chi connectivity index (χ2v) is 8.85. The van der Waals surface area contributed by atoms with Crippen LogP contribution in [0.5, 0.6) is 0 Å². The number of carbonyl (C=O) groups excluding carboxylic acids is 2. The molecule has 25 heavy (non-hydrogen) atoms. The lowest BCUT2D eigenvalue weighted by Gasteiger charge is -2.18. The second-order valence-electron chi connectivity index (χ2n) is 5.75. The van der Waals surface area contributed by atoms with Gasteiger partial charge in [-0.15, -0.1) is 0 Å². The third-order valence-corrected chi connectivity index (χ3v) is 5.70. The van der Waals surface area contributed by atoms with E-state index in [4.69, 9.17) is 0 Å². The average molecular weight is 434 g/mol. The molecule has 1 aromatic rings. The van der Waals surface area contributed by atoms with Gasteiger partial charge in [-0.05, 0) is 24.1 Å². The highest BCUT2D eigenvalue weighted by atomic mass is 79.9. The van der Waals surface area contributed by atoms with Crippen molar-refractivity contribution in [3.63, 3.8) is 0 Å². The Morgan fingerprint density at radius 2 is 2.00 bits per heavy atom. The molecule has 140 valence electrons. The van der Waals surface area contributed by atoms with E-state index in [9.17, 15) is 18.0 Å². The lowest BCUT2D eigenvalue weighted by atomic mass is 10.0. The van der Waals surface area contributed by atoms with Gasteiger partial charge in [-0.1, -0.05) is 47.8 Å². The van der Waals surface area contributed by atoms with E-state index in [2.05, 4.69) is 26.0 Å². The molecule has 0 aromatic heterocycles. The minimum Gasteiger partial charge on any atom is -0.469 e. The summed E-state index contributed by atoms with van der Waals surface area (Å²) < 4.78 is 29.5. The van der Waals surface area contributed by atoms with Crippen LogP contribution in [0.15, 0.2) is 28.7 Å². The molecule has 1 atom stereocenters. The maximum Gasteiger partial charge on any atom is 0.307 e. The van der Waals surface area contributed by atoms with Crippen LogP contribution in [0.1, 0.15) is 44.2 Å². The van der Waals surface area contributed by atoms with Gasteiger partial charge in [0.15, 0.2) is 9.84 Å². The maximum atomic E-state index is 12.2. The first-order valence-electron chi connectivity index (χ1n) is 8.09. The highest BCUT2D eigenvalue weighted by molar-refractivity contribution is 9.10. The van der Waals surface area contributed by atoms with Gasteiger partial charge in [0.05, 0.1) is 25.3 Å². The van der Waals surface area contributed by atoms with E-state index in [0.29, 0.717) is 12.0 Å². The van der Waals surface area contributed by atoms with Gasteiger partial charge in [0, 0.05) is 4.47 Å². The van der Waals surface area contributed by atoms with Crippen LogP contribution >= 0.6 is 15.9 Å². The van der Waals surface area contributed by atoms with Crippen molar-refractivity contribution in [3.05, 3.63) is 34.3 Å². The van der Waals surface area contributed by atoms with Crippen LogP contribution in [0.4, 0.5) is 0 Å². The molecule has 1 N–H and O–H groups in total. The first-order valence-corrected chi connectivity index (χ1v) is 10.7. The van der Waals surface area contributed by atoms with E-state index in [1.165, 1.54) is 7.11 Å². The Balaban J connectivity index is 2.80. The topological polar surface area (TPSA) is 89.5 Å². The molecule has 0 heterocycles. The molecular formula is C17H24BrNO5S. The fourth-order valence-corrected chi connectivity index (χ4v) is 3.99. The van der Waals surface area contributed by atoms with Crippen molar-refractivity contribution in [2.24, 2.45) is 0 Å². The molecule has 0 fully saturated rings. The zero-order valence-electron chi connectivity index (χ0n) is 14.5. The van der Waals surface area contributed by atoms with Gasteiger partial charge in [0.2, 0.25) is 5.91 Å². The Labute approximate surface area is 157 Å². The van der Waals surface area contributed by atoms with Crippen LogP contribution in [0.2, 0.25) is 0 Å². The summed E-state index contributed by atoms with van der Waals surface area (Å²) in [5.41, 5.74) is 0.691. The van der Waals surface area contributed by atoms with E-state index in [1.807, 2.05) is 13.0 Å². The summed E-state index contributed by atoms with van der Waals surface area (Å²) in [6.07, 6.45) is 2.19. The van der Waals surface area contributed by atoms with Crippen LogP contribution < -0.4 is 5.32 Å². The first kappa shape index (κ1) is 21.6. The Hall–Kier alpha value is -1.41. The fourth-order valence-electron chi connectivity index (χ4n) is 2.31. The van der Waals surface area contributed by atoms with Crippen LogP contribution in [0.25, 0.3) is 0 Å². The summed E-state index contributed by atoms with van der Waals surface area (Å²) in [5.74, 6) is -1.70. The molecule has 0 saturated carbocycles. The van der Waals surface area contributed by atoms with Gasteiger partial charge in [0.25, 0.3) is 0 Å². The lowest BCUT2D eigenvalue weighted by molar-refractivity contribution is -0.141. The standard InChI is InChI=1S/C17H24BrNO5S/c1-3-4-5-9-25(22,23)12-16(20)19-15(11-17(21)24-2)13-7-6-8-14(18)10-13/h6-8,10,15H,3-5,9,11-12H2,1-2H3,(H,19,20). The van der Waals surface area contributed by atoms with Gasteiger partial charge >= 0.3 is 5.97 Å². The smallest absolute Gasteiger partial charge is 0.307 e. The SMILES string of the molecule is CCCCCS(=O)(=O)CC(=O)NC(CC(=O)OC)c1cccc(Br)c1. The van der Waals surface area contributed by atoms with Crippen LogP contribution in [0, 0.1) is 0 Å². The summed E-state index contributed by atoms with van der Waals surface area (Å²) >= 11 is 3.34. The van der Waals surface area contributed by atoms with Gasteiger partial charge in [-0.2, -0.15) is 0 Å². The molecular weight excluding hydrogens is 410 g/mol. The molecule has 0 radical (unpaired) electrons. The Morgan fingerprint density at radius 3 is 2.60 bits per heavy atom. The Bertz CT molecular complexity index is 690. The average Bonchev–Trinajstić information content (AvgIpc) is 2.53. The van der Waals surface area contributed by atoms with Crippen LogP contribution in [-0.4, -0.2) is 38.9 Å². The van der Waals surface area contributed by atoms with Crippen molar-refractivity contribution in [2.45, 2.75) is 38.6 Å². The number of hydrogen-bond acceptors (Lipinski definition) is 5. The highest BCUT2D eigenvalue weighted by Gasteiger charge is 2.22. The molecule has 6 nitrogen and oxygen atoms in total. The molecule has 1 unspecified atom stereocenters. The number of benzene rings is 1. The van der Waals surface area contributed by atoms with E-state index in [1.54, 1.807) is 18.2 Å². The third kappa shape index (κ3) is 8.49. The molecule has 8 heteroatoms. The van der Waals surface area contributed by atoms with Crippen molar-refractivity contribution in [1.29, 1.82) is 0 Å². The molecule has 0 spiro atoms. The monoisotopic (exact) mass is 433 g/mol. The normalized spacial score (nSPS) is 12.4. The van der Waals surface area contributed by atoms with Crippen molar-refractivity contribution in [2.75, 3.05) is 18.6 Å². The summed E-state index contributed by atoms with van der Waals surface area (Å²) in [7, 11) is -2.20. The third-order valence-electron chi connectivity index (χ3n) is 3.59. The van der Waals surface area contributed by atoms with Crippen molar-refractivity contribution < 1.29 is 22.7 Å². The second kappa shape index (κ2) is 10.6. The predicted octanol–water partition coefficient (Wildman–Crippen LogP) is 2.77. The number of halogens is 1. The minimum absolute atomic E-state index is 0.00713. The molecule has 1 amide bonds. The van der Waals surface area contributed by atoms with Crippen molar-refractivity contribution in [1.82, 2.24) is 5.32 Å². The van der Waals surface area contributed by atoms with E-state index in [-0.39, 0.29) is 12.2 Å². The molecule has 1 aromatic carbocycles. The summed E-state index contributed by atoms with van der Waals surface area (Å²) in [5, 5.41) is 2.63. The zero-order chi connectivity index (χ0) is 18.9. The summed E-state index contributed by atoms with van der Waals surface area (Å²) in [4.78, 5) is 23.8. The number of amides is 1. The number of methoxy groups -OCH3 is 1. The number of unbranched alkanes of at least 4 members (excludes halogenated alkanes) is 2. The zero-order valence-corrected chi connectivity index (χ0v) is 16.9. The van der Waals surface area contributed by atoms with Gasteiger partial charge in [-0.25, -0.2) is 8.42 Å². The number of rotatable bonds is 10. The predicted molar refractivity (Wildman–Crippen MR) is 99.8 cm³/mol. The Kier molecular flexibility index (Phi) is 9.13. The number of esters is 1. The molecule has 0 aliphatic heterocycles. The van der Waals surface area contributed by atoms with Crippen molar-refractivity contribution >= 4 is 37.6 Å². The van der Waals surface area contributed by atoms with Gasteiger partial charge in [0.1, 0.15) is 5.75 Å². The van der Waals surface area contributed by atoms with E-state index in [0.717, 1.165) is 17.3 Å². The lowest BCUT2D eigenvalue weighted by Crippen LogP contribution is -2.35. The van der Waals surface area contributed by atoms with Gasteiger partial charge < -0.3 is 10.1 Å². The molecule has 0 aliphatic carbocycles. The maximum absolute atomic E-state index is 12.2. The van der Waals surface area contributed by atoms with E-state index >= 15 is 0 Å². The largest absolute Gasteiger partial charge is 0.469 e. The van der Waals surface area contributed by atoms with Crippen LogP contribution in [-0.2, 0) is 24.2 Å². The number of ether oxygens (including phenoxy) is 1. The highest BCUT2D eigenvalue weighted by Crippen LogP contribution is 2.21.